The van der Waals surface area contributed by atoms with Crippen LogP contribution in [0.5, 0.6) is 5.75 Å². The molecular formula is C27H23N3O2. The Hall–Kier alpha value is -4.12. The van der Waals surface area contributed by atoms with Crippen molar-refractivity contribution in [3.05, 3.63) is 90.0 Å². The van der Waals surface area contributed by atoms with Crippen LogP contribution in [0.3, 0.4) is 0 Å². The molecule has 2 N–H and O–H groups in total. The van der Waals surface area contributed by atoms with Crippen LogP contribution in [-0.4, -0.2) is 22.5 Å². The first-order chi connectivity index (χ1) is 15.6. The van der Waals surface area contributed by atoms with Gasteiger partial charge in [-0.25, -0.2) is 4.98 Å². The van der Waals surface area contributed by atoms with Gasteiger partial charge < -0.3 is 15.0 Å². The molecule has 32 heavy (non-hydrogen) atoms. The minimum atomic E-state index is -0.198. The highest BCUT2D eigenvalue weighted by atomic mass is 16.5. The van der Waals surface area contributed by atoms with Crippen LogP contribution < -0.4 is 10.1 Å². The van der Waals surface area contributed by atoms with Crippen LogP contribution in [-0.2, 0) is 4.79 Å². The van der Waals surface area contributed by atoms with E-state index in [-0.39, 0.29) is 12.5 Å². The van der Waals surface area contributed by atoms with Crippen LogP contribution in [0.1, 0.15) is 11.1 Å². The molecule has 5 aromatic rings. The van der Waals surface area contributed by atoms with E-state index < -0.39 is 0 Å². The van der Waals surface area contributed by atoms with Gasteiger partial charge in [-0.15, -0.1) is 0 Å². The molecule has 158 valence electrons. The van der Waals surface area contributed by atoms with E-state index in [2.05, 4.69) is 34.6 Å². The standard InChI is InChI=1S/C27H23N3O2/c1-17-6-5-7-18(2)26(17)32-16-25(31)28-22-12-10-19(11-13-22)27-29-23-14-20-8-3-4-9-21(20)15-24(23)30-27/h3-15H,16H2,1-2H3,(H,28,31)(H,29,30). The second-order valence-electron chi connectivity index (χ2n) is 7.94. The summed E-state index contributed by atoms with van der Waals surface area (Å²) >= 11 is 0. The number of H-pyrrole nitrogens is 1. The first-order valence-corrected chi connectivity index (χ1v) is 10.5. The summed E-state index contributed by atoms with van der Waals surface area (Å²) in [4.78, 5) is 20.5. The summed E-state index contributed by atoms with van der Waals surface area (Å²) in [6, 6.07) is 26.0. The maximum absolute atomic E-state index is 12.3. The number of rotatable bonds is 5. The van der Waals surface area contributed by atoms with Gasteiger partial charge in [-0.1, -0.05) is 42.5 Å². The maximum Gasteiger partial charge on any atom is 0.262 e. The fraction of sp³-hybridized carbons (Fsp3) is 0.111. The second kappa shape index (κ2) is 8.19. The van der Waals surface area contributed by atoms with Crippen LogP contribution in [0.15, 0.2) is 78.9 Å². The highest BCUT2D eigenvalue weighted by Crippen LogP contribution is 2.26. The van der Waals surface area contributed by atoms with Crippen LogP contribution in [0.25, 0.3) is 33.2 Å². The van der Waals surface area contributed by atoms with E-state index >= 15 is 0 Å². The summed E-state index contributed by atoms with van der Waals surface area (Å²) in [6.45, 7) is 3.91. The van der Waals surface area contributed by atoms with E-state index in [9.17, 15) is 4.79 Å². The molecule has 4 aromatic carbocycles. The molecule has 0 atom stereocenters. The lowest BCUT2D eigenvalue weighted by atomic mass is 10.1. The van der Waals surface area contributed by atoms with Crippen LogP contribution in [0.4, 0.5) is 5.69 Å². The van der Waals surface area contributed by atoms with Crippen molar-refractivity contribution in [1.29, 1.82) is 0 Å². The first-order valence-electron chi connectivity index (χ1n) is 10.5. The molecule has 0 aliphatic heterocycles. The minimum absolute atomic E-state index is 0.0371. The van der Waals surface area contributed by atoms with Crippen molar-refractivity contribution in [3.63, 3.8) is 0 Å². The quantitative estimate of drug-likeness (QED) is 0.365. The van der Waals surface area contributed by atoms with Crippen molar-refractivity contribution in [3.8, 4) is 17.1 Å². The Morgan fingerprint density at radius 2 is 1.59 bits per heavy atom. The number of hydrogen-bond acceptors (Lipinski definition) is 3. The van der Waals surface area contributed by atoms with E-state index in [0.717, 1.165) is 39.3 Å². The highest BCUT2D eigenvalue weighted by Gasteiger charge is 2.10. The number of hydrogen-bond donors (Lipinski definition) is 2. The first kappa shape index (κ1) is 19.8. The zero-order valence-corrected chi connectivity index (χ0v) is 18.0. The number of fused-ring (bicyclic) bond motifs is 2. The summed E-state index contributed by atoms with van der Waals surface area (Å²) in [7, 11) is 0. The number of anilines is 1. The van der Waals surface area contributed by atoms with Gasteiger partial charge in [-0.2, -0.15) is 0 Å². The number of nitrogens with one attached hydrogen (secondary N) is 2. The molecule has 0 radical (unpaired) electrons. The Morgan fingerprint density at radius 3 is 2.31 bits per heavy atom. The van der Waals surface area contributed by atoms with E-state index in [0.29, 0.717) is 5.69 Å². The Labute approximate surface area is 186 Å². The van der Waals surface area contributed by atoms with E-state index in [1.807, 2.05) is 68.4 Å². The number of carbonyl (C=O) groups excluding carboxylic acids is 1. The molecule has 5 nitrogen and oxygen atoms in total. The van der Waals surface area contributed by atoms with Crippen LogP contribution in [0.2, 0.25) is 0 Å². The monoisotopic (exact) mass is 421 g/mol. The average molecular weight is 422 g/mol. The molecule has 0 saturated carbocycles. The smallest absolute Gasteiger partial charge is 0.262 e. The molecular weight excluding hydrogens is 398 g/mol. The SMILES string of the molecule is Cc1cccc(C)c1OCC(=O)Nc1ccc(-c2nc3cc4ccccc4cc3[nH]2)cc1. The number of amides is 1. The van der Waals surface area contributed by atoms with E-state index in [1.54, 1.807) is 0 Å². The zero-order valence-electron chi connectivity index (χ0n) is 18.0. The number of para-hydroxylation sites is 1. The van der Waals surface area contributed by atoms with Crippen LogP contribution in [0, 0.1) is 13.8 Å². The summed E-state index contributed by atoms with van der Waals surface area (Å²) < 4.78 is 5.73. The molecule has 0 fully saturated rings. The van der Waals surface area contributed by atoms with Crippen molar-refractivity contribution < 1.29 is 9.53 Å². The predicted molar refractivity (Wildman–Crippen MR) is 129 cm³/mol. The molecule has 0 spiro atoms. The van der Waals surface area contributed by atoms with Gasteiger partial charge in [0.05, 0.1) is 11.0 Å². The molecule has 0 saturated heterocycles. The molecule has 0 unspecified atom stereocenters. The van der Waals surface area contributed by atoms with Gasteiger partial charge in [-0.3, -0.25) is 4.79 Å². The van der Waals surface area contributed by atoms with E-state index in [1.165, 1.54) is 10.8 Å². The molecule has 1 heterocycles. The number of imidazole rings is 1. The lowest BCUT2D eigenvalue weighted by Crippen LogP contribution is -2.20. The maximum atomic E-state index is 12.3. The Balaban J connectivity index is 1.28. The number of aromatic nitrogens is 2. The lowest BCUT2D eigenvalue weighted by molar-refractivity contribution is -0.118. The largest absolute Gasteiger partial charge is 0.483 e. The molecule has 5 heteroatoms. The lowest BCUT2D eigenvalue weighted by Gasteiger charge is -2.12. The van der Waals surface area contributed by atoms with Gasteiger partial charge in [0, 0.05) is 11.3 Å². The molecule has 0 bridgehead atoms. The molecule has 5 rings (SSSR count). The normalized spacial score (nSPS) is 11.1. The summed E-state index contributed by atoms with van der Waals surface area (Å²) in [5.41, 5.74) is 5.63. The number of benzene rings is 4. The van der Waals surface area contributed by atoms with E-state index in [4.69, 9.17) is 9.72 Å². The second-order valence-corrected chi connectivity index (χ2v) is 7.94. The third kappa shape index (κ3) is 3.93. The number of carbonyl (C=O) groups is 1. The van der Waals surface area contributed by atoms with Gasteiger partial charge in [-0.05, 0) is 72.1 Å². The predicted octanol–water partition coefficient (Wildman–Crippen LogP) is 6.02. The van der Waals surface area contributed by atoms with Crippen molar-refractivity contribution in [1.82, 2.24) is 9.97 Å². The minimum Gasteiger partial charge on any atom is -0.483 e. The third-order valence-electron chi connectivity index (χ3n) is 5.55. The molecule has 0 aliphatic carbocycles. The fourth-order valence-corrected chi connectivity index (χ4v) is 3.91. The van der Waals surface area contributed by atoms with Crippen molar-refractivity contribution in [2.24, 2.45) is 0 Å². The third-order valence-corrected chi connectivity index (χ3v) is 5.55. The van der Waals surface area contributed by atoms with Crippen molar-refractivity contribution in [2.75, 3.05) is 11.9 Å². The number of nitrogens with zero attached hydrogens (tertiary/aromatic N) is 1. The van der Waals surface area contributed by atoms with Gasteiger partial charge in [0.15, 0.2) is 6.61 Å². The summed E-state index contributed by atoms with van der Waals surface area (Å²) in [5, 5.41) is 5.23. The Kier molecular flexibility index (Phi) is 5.07. The average Bonchev–Trinajstić information content (AvgIpc) is 3.20. The number of aryl methyl sites for hydroxylation is 2. The van der Waals surface area contributed by atoms with Crippen molar-refractivity contribution in [2.45, 2.75) is 13.8 Å². The Bertz CT molecular complexity index is 1360. The topological polar surface area (TPSA) is 67.0 Å². The van der Waals surface area contributed by atoms with Crippen LogP contribution >= 0.6 is 0 Å². The van der Waals surface area contributed by atoms with Gasteiger partial charge >= 0.3 is 0 Å². The summed E-state index contributed by atoms with van der Waals surface area (Å²) in [5.74, 6) is 1.36. The summed E-state index contributed by atoms with van der Waals surface area (Å²) in [6.07, 6.45) is 0. The molecule has 0 aliphatic rings. The van der Waals surface area contributed by atoms with Gasteiger partial charge in [0.25, 0.3) is 5.91 Å². The highest BCUT2D eigenvalue weighted by molar-refractivity contribution is 5.96. The van der Waals surface area contributed by atoms with Gasteiger partial charge in [0.1, 0.15) is 11.6 Å². The fourth-order valence-electron chi connectivity index (χ4n) is 3.91. The molecule has 1 aromatic heterocycles. The number of aromatic amines is 1. The van der Waals surface area contributed by atoms with Gasteiger partial charge in [0.2, 0.25) is 0 Å². The zero-order chi connectivity index (χ0) is 22.1. The number of ether oxygens (including phenoxy) is 1. The Morgan fingerprint density at radius 1 is 0.906 bits per heavy atom. The molecule has 1 amide bonds. The van der Waals surface area contributed by atoms with Crippen molar-refractivity contribution >= 4 is 33.4 Å².